The van der Waals surface area contributed by atoms with E-state index < -0.39 is 37.1 Å². The van der Waals surface area contributed by atoms with E-state index in [9.17, 15) is 9.59 Å². The monoisotopic (exact) mass is 436 g/mol. The molecule has 0 N–H and O–H groups in total. The molecule has 0 aliphatic heterocycles. The standard InChI is InChI=1S/C16H32O6Si3.2CH4/c1-13(2)15(17)19-11-23(5,6)21-25(9,10)22-24(7,8)12-20-16(18)14(3)4;;/h1,3,11-12H2,2,4-10H3;2*1H4. The summed E-state index contributed by atoms with van der Waals surface area (Å²) >= 11 is 0. The predicted octanol–water partition coefficient (Wildman–Crippen LogP) is 4.72. The quantitative estimate of drug-likeness (QED) is 0.280. The number of esters is 2. The first-order valence-electron chi connectivity index (χ1n) is 8.12. The Morgan fingerprint density at radius 2 is 0.963 bits per heavy atom. The molecule has 0 saturated carbocycles. The molecular formula is C18H40O6Si3. The van der Waals surface area contributed by atoms with Gasteiger partial charge in [-0.3, -0.25) is 0 Å². The highest BCUT2D eigenvalue weighted by Gasteiger charge is 2.41. The molecular weight excluding hydrogens is 396 g/mol. The van der Waals surface area contributed by atoms with E-state index in [0.717, 1.165) is 0 Å². The second-order valence-corrected chi connectivity index (χ2v) is 19.9. The van der Waals surface area contributed by atoms with Gasteiger partial charge < -0.3 is 17.7 Å². The third kappa shape index (κ3) is 13.8. The fourth-order valence-electron chi connectivity index (χ4n) is 2.14. The normalized spacial score (nSPS) is 11.6. The number of carbonyl (C=O) groups is 2. The second-order valence-electron chi connectivity index (χ2n) is 7.84. The zero-order valence-electron chi connectivity index (χ0n) is 16.8. The van der Waals surface area contributed by atoms with E-state index in [2.05, 4.69) is 13.2 Å². The van der Waals surface area contributed by atoms with Gasteiger partial charge in [-0.25, -0.2) is 9.59 Å². The highest BCUT2D eigenvalue weighted by Crippen LogP contribution is 2.21. The maximum absolute atomic E-state index is 11.6. The van der Waals surface area contributed by atoms with Crippen LogP contribution in [0.3, 0.4) is 0 Å². The van der Waals surface area contributed by atoms with Crippen LogP contribution < -0.4 is 0 Å². The third-order valence-corrected chi connectivity index (χ3v) is 12.9. The molecule has 0 aliphatic rings. The Hall–Kier alpha value is -1.01. The molecule has 27 heavy (non-hydrogen) atoms. The van der Waals surface area contributed by atoms with Crippen molar-refractivity contribution in [3.05, 3.63) is 24.3 Å². The van der Waals surface area contributed by atoms with E-state index >= 15 is 0 Å². The Labute approximate surface area is 169 Å². The summed E-state index contributed by atoms with van der Waals surface area (Å²) in [5.41, 5.74) is 0.732. The van der Waals surface area contributed by atoms with Gasteiger partial charge in [0.2, 0.25) is 16.6 Å². The lowest BCUT2D eigenvalue weighted by molar-refractivity contribution is -0.138. The molecule has 0 atom stereocenters. The molecule has 0 aromatic rings. The minimum absolute atomic E-state index is 0. The summed E-state index contributed by atoms with van der Waals surface area (Å²) in [7, 11) is -6.99. The lowest BCUT2D eigenvalue weighted by Gasteiger charge is -2.38. The predicted molar refractivity (Wildman–Crippen MR) is 120 cm³/mol. The summed E-state index contributed by atoms with van der Waals surface area (Å²) in [5.74, 6) is -0.822. The van der Waals surface area contributed by atoms with Crippen molar-refractivity contribution in [1.82, 2.24) is 0 Å². The first-order valence-corrected chi connectivity index (χ1v) is 17.2. The third-order valence-electron chi connectivity index (χ3n) is 2.84. The maximum Gasteiger partial charge on any atom is 0.332 e. The van der Waals surface area contributed by atoms with E-state index in [0.29, 0.717) is 11.1 Å². The molecule has 0 aliphatic carbocycles. The Morgan fingerprint density at radius 1 is 0.704 bits per heavy atom. The van der Waals surface area contributed by atoms with Crippen LogP contribution in [0.5, 0.6) is 0 Å². The molecule has 0 unspecified atom stereocenters. The van der Waals surface area contributed by atoms with Gasteiger partial charge in [0.15, 0.2) is 0 Å². The van der Waals surface area contributed by atoms with Crippen LogP contribution in [0.2, 0.25) is 39.3 Å². The molecule has 0 radical (unpaired) electrons. The smallest absolute Gasteiger partial charge is 0.332 e. The average molecular weight is 437 g/mol. The SMILES string of the molecule is C.C.C=C(C)C(=O)OC[Si](C)(C)O[Si](C)(C)O[Si](C)(C)COC(=O)C(=C)C. The molecule has 0 spiro atoms. The fraction of sp³-hybridized carbons (Fsp3) is 0.667. The summed E-state index contributed by atoms with van der Waals surface area (Å²) < 4.78 is 23.0. The summed E-state index contributed by atoms with van der Waals surface area (Å²) in [6, 6.07) is 0. The molecule has 0 amide bonds. The number of ether oxygens (including phenoxy) is 2. The van der Waals surface area contributed by atoms with Crippen molar-refractivity contribution in [2.45, 2.75) is 68.0 Å². The van der Waals surface area contributed by atoms with Crippen molar-refractivity contribution >= 4 is 37.1 Å². The molecule has 0 saturated heterocycles. The molecule has 160 valence electrons. The molecule has 6 nitrogen and oxygen atoms in total. The Morgan fingerprint density at radius 3 is 1.19 bits per heavy atom. The van der Waals surface area contributed by atoms with Crippen molar-refractivity contribution < 1.29 is 27.3 Å². The van der Waals surface area contributed by atoms with Gasteiger partial charge in [-0.2, -0.15) is 0 Å². The van der Waals surface area contributed by atoms with Crippen LogP contribution in [0.4, 0.5) is 0 Å². The van der Waals surface area contributed by atoms with Gasteiger partial charge in [0.05, 0.1) is 0 Å². The Balaban J connectivity index is -0.00000288. The van der Waals surface area contributed by atoms with Crippen LogP contribution in [0, 0.1) is 0 Å². The van der Waals surface area contributed by atoms with Crippen LogP contribution in [0.15, 0.2) is 24.3 Å². The molecule has 0 aromatic heterocycles. The summed E-state index contributed by atoms with van der Waals surface area (Å²) in [4.78, 5) is 23.1. The zero-order chi connectivity index (χ0) is 20.1. The van der Waals surface area contributed by atoms with E-state index in [1.165, 1.54) is 0 Å². The van der Waals surface area contributed by atoms with E-state index in [4.69, 9.17) is 17.7 Å². The lowest BCUT2D eigenvalue weighted by Crippen LogP contribution is -2.55. The molecule has 0 fully saturated rings. The van der Waals surface area contributed by atoms with Crippen molar-refractivity contribution in [3.63, 3.8) is 0 Å². The van der Waals surface area contributed by atoms with Crippen LogP contribution >= 0.6 is 0 Å². The van der Waals surface area contributed by atoms with Crippen molar-refractivity contribution in [2.75, 3.05) is 12.5 Å². The first kappa shape index (κ1) is 30.7. The van der Waals surface area contributed by atoms with Crippen LogP contribution in [-0.2, 0) is 27.3 Å². The molecule has 0 heterocycles. The van der Waals surface area contributed by atoms with Gasteiger partial charge in [0, 0.05) is 11.1 Å². The van der Waals surface area contributed by atoms with Crippen LogP contribution in [-0.4, -0.2) is 49.6 Å². The van der Waals surface area contributed by atoms with Crippen molar-refractivity contribution in [2.24, 2.45) is 0 Å². The lowest BCUT2D eigenvalue weighted by atomic mass is 10.4. The van der Waals surface area contributed by atoms with Crippen LogP contribution in [0.1, 0.15) is 28.7 Å². The largest absolute Gasteiger partial charge is 0.463 e. The van der Waals surface area contributed by atoms with Crippen molar-refractivity contribution in [3.8, 4) is 0 Å². The van der Waals surface area contributed by atoms with Gasteiger partial charge in [0.1, 0.15) is 12.5 Å². The van der Waals surface area contributed by atoms with Gasteiger partial charge in [-0.15, -0.1) is 0 Å². The molecule has 0 bridgehead atoms. The Kier molecular flexibility index (Phi) is 13.4. The van der Waals surface area contributed by atoms with E-state index in [1.807, 2.05) is 39.3 Å². The maximum atomic E-state index is 11.6. The second kappa shape index (κ2) is 11.7. The zero-order valence-corrected chi connectivity index (χ0v) is 19.8. The van der Waals surface area contributed by atoms with E-state index in [-0.39, 0.29) is 27.3 Å². The van der Waals surface area contributed by atoms with E-state index in [1.54, 1.807) is 13.8 Å². The summed E-state index contributed by atoms with van der Waals surface area (Å²) in [6.07, 6.45) is 0.482. The van der Waals surface area contributed by atoms with Gasteiger partial charge in [0.25, 0.3) is 0 Å². The number of rotatable bonds is 10. The van der Waals surface area contributed by atoms with Crippen LogP contribution in [0.25, 0.3) is 0 Å². The minimum Gasteiger partial charge on any atom is -0.463 e. The van der Waals surface area contributed by atoms with Crippen molar-refractivity contribution in [1.29, 1.82) is 0 Å². The summed E-state index contributed by atoms with van der Waals surface area (Å²) in [6.45, 7) is 22.2. The molecule has 9 heteroatoms. The molecule has 0 rings (SSSR count). The fourth-order valence-corrected chi connectivity index (χ4v) is 14.8. The first-order chi connectivity index (χ1) is 11.1. The number of hydrogen-bond acceptors (Lipinski definition) is 6. The van der Waals surface area contributed by atoms with Gasteiger partial charge in [-0.1, -0.05) is 28.0 Å². The highest BCUT2D eigenvalue weighted by atomic mass is 28.5. The Bertz CT molecular complexity index is 495. The topological polar surface area (TPSA) is 71.1 Å². The average Bonchev–Trinajstić information content (AvgIpc) is 2.39. The van der Waals surface area contributed by atoms with Gasteiger partial charge in [-0.05, 0) is 53.1 Å². The number of carbonyl (C=O) groups excluding carboxylic acids is 2. The highest BCUT2D eigenvalue weighted by molar-refractivity contribution is 6.87. The summed E-state index contributed by atoms with van der Waals surface area (Å²) in [5, 5.41) is 0. The minimum atomic E-state index is -2.48. The number of hydrogen-bond donors (Lipinski definition) is 0. The molecule has 0 aromatic carbocycles. The van der Waals surface area contributed by atoms with Gasteiger partial charge >= 0.3 is 20.5 Å².